The molecule has 0 aliphatic carbocycles. The van der Waals surface area contributed by atoms with Gasteiger partial charge >= 0.3 is 5.97 Å². The van der Waals surface area contributed by atoms with Crippen LogP contribution in [0.1, 0.15) is 72.6 Å². The van der Waals surface area contributed by atoms with Crippen molar-refractivity contribution in [3.05, 3.63) is 12.7 Å². The van der Waals surface area contributed by atoms with E-state index in [4.69, 9.17) is 4.74 Å². The predicted octanol–water partition coefficient (Wildman–Crippen LogP) is 5.62. The summed E-state index contributed by atoms with van der Waals surface area (Å²) in [6.45, 7) is 12.7. The lowest BCUT2D eigenvalue weighted by Gasteiger charge is -2.22. The normalized spacial score (nSPS) is 16.8. The van der Waals surface area contributed by atoms with Crippen LogP contribution < -0.4 is 0 Å². The predicted molar refractivity (Wildman–Crippen MR) is 91.2 cm³/mol. The fourth-order valence-corrected chi connectivity index (χ4v) is 3.37. The van der Waals surface area contributed by atoms with Gasteiger partial charge in [-0.1, -0.05) is 46.6 Å². The minimum atomic E-state index is -0.0786. The highest BCUT2D eigenvalue weighted by Crippen LogP contribution is 2.26. The average Bonchev–Trinajstić information content (AvgIpc) is 2.42. The van der Waals surface area contributed by atoms with E-state index in [0.29, 0.717) is 5.92 Å². The number of hydrogen-bond donors (Lipinski definition) is 0. The Hall–Kier alpha value is -0.790. The van der Waals surface area contributed by atoms with Gasteiger partial charge in [-0.3, -0.25) is 4.79 Å². The molecule has 0 saturated heterocycles. The summed E-state index contributed by atoms with van der Waals surface area (Å²) >= 11 is 0. The van der Waals surface area contributed by atoms with Crippen molar-refractivity contribution in [1.82, 2.24) is 0 Å². The topological polar surface area (TPSA) is 26.3 Å². The van der Waals surface area contributed by atoms with Crippen molar-refractivity contribution in [3.63, 3.8) is 0 Å². The summed E-state index contributed by atoms with van der Waals surface area (Å²) in [6.07, 6.45) is 10.5. The summed E-state index contributed by atoms with van der Waals surface area (Å²) in [6, 6.07) is 0. The number of carbonyl (C=O) groups is 1. The molecule has 0 aromatic rings. The molecule has 0 aromatic carbocycles. The van der Waals surface area contributed by atoms with Crippen LogP contribution in [0.2, 0.25) is 0 Å². The monoisotopic (exact) mass is 296 g/mol. The number of hydrogen-bond acceptors (Lipinski definition) is 2. The van der Waals surface area contributed by atoms with Crippen molar-refractivity contribution in [2.45, 2.75) is 72.6 Å². The van der Waals surface area contributed by atoms with Gasteiger partial charge in [0.25, 0.3) is 0 Å². The van der Waals surface area contributed by atoms with Crippen molar-refractivity contribution in [1.29, 1.82) is 0 Å². The standard InChI is InChI=1S/C19H36O2/c1-7-8-9-10-11-15(2)12-16(3)13-17(4)14-18(5)19(20)21-6/h7,15-18H,1,8-14H2,2-6H3. The van der Waals surface area contributed by atoms with Crippen LogP contribution in [0.4, 0.5) is 0 Å². The maximum absolute atomic E-state index is 11.5. The van der Waals surface area contributed by atoms with E-state index in [0.717, 1.165) is 24.7 Å². The maximum atomic E-state index is 11.5. The van der Waals surface area contributed by atoms with E-state index in [-0.39, 0.29) is 11.9 Å². The molecule has 0 aliphatic heterocycles. The molecule has 0 N–H and O–H groups in total. The van der Waals surface area contributed by atoms with Crippen LogP contribution in [0, 0.1) is 23.7 Å². The lowest BCUT2D eigenvalue weighted by molar-refractivity contribution is -0.145. The van der Waals surface area contributed by atoms with Gasteiger partial charge in [0.2, 0.25) is 0 Å². The van der Waals surface area contributed by atoms with Gasteiger partial charge in [-0.05, 0) is 49.9 Å². The Morgan fingerprint density at radius 1 is 1.00 bits per heavy atom. The van der Waals surface area contributed by atoms with Crippen LogP contribution in [0.25, 0.3) is 0 Å². The number of methoxy groups -OCH3 is 1. The Bertz CT molecular complexity index is 285. The van der Waals surface area contributed by atoms with E-state index in [1.807, 2.05) is 13.0 Å². The number of ether oxygens (including phenoxy) is 1. The van der Waals surface area contributed by atoms with Crippen LogP contribution in [0.3, 0.4) is 0 Å². The molecule has 2 heteroatoms. The molecule has 0 rings (SSSR count). The second kappa shape index (κ2) is 11.8. The number of carbonyl (C=O) groups excluding carboxylic acids is 1. The fourth-order valence-electron chi connectivity index (χ4n) is 3.37. The Labute approximate surface area is 132 Å². The molecule has 124 valence electrons. The quantitative estimate of drug-likeness (QED) is 0.265. The molecular weight excluding hydrogens is 260 g/mol. The van der Waals surface area contributed by atoms with Gasteiger partial charge < -0.3 is 4.74 Å². The Balaban J connectivity index is 3.87. The molecule has 0 heterocycles. The summed E-state index contributed by atoms with van der Waals surface area (Å²) in [4.78, 5) is 11.5. The van der Waals surface area contributed by atoms with E-state index in [2.05, 4.69) is 27.4 Å². The van der Waals surface area contributed by atoms with E-state index in [1.54, 1.807) is 0 Å². The largest absolute Gasteiger partial charge is 0.469 e. The van der Waals surface area contributed by atoms with Gasteiger partial charge in [0, 0.05) is 0 Å². The average molecular weight is 296 g/mol. The molecule has 0 fully saturated rings. The molecule has 0 aliphatic rings. The minimum absolute atomic E-state index is 0.0218. The van der Waals surface area contributed by atoms with Crippen molar-refractivity contribution in [3.8, 4) is 0 Å². The number of allylic oxidation sites excluding steroid dienone is 1. The first-order valence-electron chi connectivity index (χ1n) is 8.59. The first-order chi connectivity index (χ1) is 9.90. The van der Waals surface area contributed by atoms with Crippen LogP contribution >= 0.6 is 0 Å². The molecule has 2 nitrogen and oxygen atoms in total. The van der Waals surface area contributed by atoms with E-state index in [9.17, 15) is 4.79 Å². The Morgan fingerprint density at radius 2 is 1.57 bits per heavy atom. The Morgan fingerprint density at radius 3 is 2.14 bits per heavy atom. The lowest BCUT2D eigenvalue weighted by atomic mass is 9.84. The molecule has 0 radical (unpaired) electrons. The van der Waals surface area contributed by atoms with Gasteiger partial charge in [-0.15, -0.1) is 6.58 Å². The maximum Gasteiger partial charge on any atom is 0.308 e. The summed E-state index contributed by atoms with van der Waals surface area (Å²) in [5.74, 6) is 2.06. The van der Waals surface area contributed by atoms with Gasteiger partial charge in [0.1, 0.15) is 0 Å². The van der Waals surface area contributed by atoms with Crippen LogP contribution in [0.5, 0.6) is 0 Å². The van der Waals surface area contributed by atoms with Crippen LogP contribution in [-0.2, 0) is 9.53 Å². The van der Waals surface area contributed by atoms with E-state index < -0.39 is 0 Å². The van der Waals surface area contributed by atoms with Gasteiger partial charge in [-0.25, -0.2) is 0 Å². The molecule has 21 heavy (non-hydrogen) atoms. The zero-order valence-corrected chi connectivity index (χ0v) is 14.9. The second-order valence-electron chi connectivity index (χ2n) is 7.02. The summed E-state index contributed by atoms with van der Waals surface area (Å²) in [7, 11) is 1.47. The highest BCUT2D eigenvalue weighted by atomic mass is 16.5. The van der Waals surface area contributed by atoms with Crippen molar-refractivity contribution in [2.75, 3.05) is 7.11 Å². The van der Waals surface area contributed by atoms with Crippen LogP contribution in [-0.4, -0.2) is 13.1 Å². The SMILES string of the molecule is C=CCCCCC(C)CC(C)CC(C)CC(C)C(=O)OC. The minimum Gasteiger partial charge on any atom is -0.469 e. The molecule has 0 spiro atoms. The third kappa shape index (κ3) is 10.6. The zero-order chi connectivity index (χ0) is 16.3. The summed E-state index contributed by atoms with van der Waals surface area (Å²) < 4.78 is 4.80. The zero-order valence-electron chi connectivity index (χ0n) is 14.9. The fraction of sp³-hybridized carbons (Fsp3) is 0.842. The summed E-state index contributed by atoms with van der Waals surface area (Å²) in [5, 5.41) is 0. The van der Waals surface area contributed by atoms with Crippen molar-refractivity contribution < 1.29 is 9.53 Å². The molecule has 0 amide bonds. The molecule has 0 saturated carbocycles. The third-order valence-corrected chi connectivity index (χ3v) is 4.32. The van der Waals surface area contributed by atoms with Gasteiger partial charge in [0.05, 0.1) is 13.0 Å². The smallest absolute Gasteiger partial charge is 0.308 e. The first-order valence-corrected chi connectivity index (χ1v) is 8.59. The van der Waals surface area contributed by atoms with Crippen molar-refractivity contribution in [2.24, 2.45) is 23.7 Å². The molecular formula is C19H36O2. The highest BCUT2D eigenvalue weighted by molar-refractivity contribution is 5.71. The number of rotatable bonds is 12. The Kier molecular flexibility index (Phi) is 11.4. The summed E-state index contributed by atoms with van der Waals surface area (Å²) in [5.41, 5.74) is 0. The van der Waals surface area contributed by atoms with Gasteiger partial charge in [-0.2, -0.15) is 0 Å². The highest BCUT2D eigenvalue weighted by Gasteiger charge is 2.19. The van der Waals surface area contributed by atoms with E-state index in [1.165, 1.54) is 39.2 Å². The van der Waals surface area contributed by atoms with Crippen molar-refractivity contribution >= 4 is 5.97 Å². The van der Waals surface area contributed by atoms with E-state index >= 15 is 0 Å². The second-order valence-corrected chi connectivity index (χ2v) is 7.02. The van der Waals surface area contributed by atoms with Gasteiger partial charge in [0.15, 0.2) is 0 Å². The molecule has 0 bridgehead atoms. The molecule has 0 aromatic heterocycles. The van der Waals surface area contributed by atoms with Crippen LogP contribution in [0.15, 0.2) is 12.7 Å². The lowest BCUT2D eigenvalue weighted by Crippen LogP contribution is -2.17. The number of esters is 1. The molecule has 4 unspecified atom stereocenters. The first kappa shape index (κ1) is 20.2. The number of unbranched alkanes of at least 4 members (excludes halogenated alkanes) is 2. The third-order valence-electron chi connectivity index (χ3n) is 4.32. The molecule has 4 atom stereocenters.